The minimum absolute atomic E-state index is 0.0754. The molecular weight excluding hydrogens is 410 g/mol. The second-order valence-electron chi connectivity index (χ2n) is 10.3. The number of aromatic nitrogens is 2. The Kier molecular flexibility index (Phi) is 6.63. The summed E-state index contributed by atoms with van der Waals surface area (Å²) in [5, 5.41) is 0. The van der Waals surface area contributed by atoms with Gasteiger partial charge in [0.05, 0.1) is 0 Å². The molecule has 6 nitrogen and oxygen atoms in total. The quantitative estimate of drug-likeness (QED) is 0.718. The number of rotatable bonds is 4. The maximum Gasteiger partial charge on any atom is 0.226 e. The van der Waals surface area contributed by atoms with Crippen molar-refractivity contribution >= 4 is 11.9 Å². The summed E-state index contributed by atoms with van der Waals surface area (Å²) in [6.07, 6.45) is 7.01. The molecule has 3 heterocycles. The monoisotopic (exact) mass is 447 g/mol. The Morgan fingerprint density at radius 1 is 1.00 bits per heavy atom. The Morgan fingerprint density at radius 2 is 1.73 bits per heavy atom. The minimum Gasteiger partial charge on any atom is -0.341 e. The van der Waals surface area contributed by atoms with Crippen LogP contribution in [-0.2, 0) is 24.2 Å². The Balaban J connectivity index is 1.14. The van der Waals surface area contributed by atoms with Crippen molar-refractivity contribution in [2.75, 3.05) is 44.2 Å². The molecule has 1 aromatic heterocycles. The highest BCUT2D eigenvalue weighted by Crippen LogP contribution is 2.28. The molecule has 0 bridgehead atoms. The van der Waals surface area contributed by atoms with E-state index in [0.717, 1.165) is 82.6 Å². The number of carbonyl (C=O) groups excluding carboxylic acids is 1. The maximum atomic E-state index is 13.3. The lowest BCUT2D eigenvalue weighted by Gasteiger charge is -2.37. The van der Waals surface area contributed by atoms with Crippen LogP contribution in [0.25, 0.3) is 0 Å². The van der Waals surface area contributed by atoms with Crippen LogP contribution in [-0.4, -0.2) is 64.9 Å². The summed E-state index contributed by atoms with van der Waals surface area (Å²) in [4.78, 5) is 29.7. The van der Waals surface area contributed by atoms with Gasteiger partial charge in [0.2, 0.25) is 11.9 Å². The Hall–Kier alpha value is -2.47. The van der Waals surface area contributed by atoms with Crippen molar-refractivity contribution in [3.63, 3.8) is 0 Å². The first-order chi connectivity index (χ1) is 16.0. The fourth-order valence-corrected chi connectivity index (χ4v) is 5.40. The second kappa shape index (κ2) is 9.80. The summed E-state index contributed by atoms with van der Waals surface area (Å²) in [5.41, 5.74) is 4.98. The van der Waals surface area contributed by atoms with Crippen molar-refractivity contribution in [3.8, 4) is 0 Å². The van der Waals surface area contributed by atoms with Crippen LogP contribution in [0.1, 0.15) is 48.6 Å². The molecule has 5 rings (SSSR count). The van der Waals surface area contributed by atoms with E-state index in [4.69, 9.17) is 4.98 Å². The molecule has 3 aliphatic rings. The van der Waals surface area contributed by atoms with Crippen molar-refractivity contribution in [2.45, 2.75) is 52.5 Å². The van der Waals surface area contributed by atoms with E-state index in [1.807, 2.05) is 6.20 Å². The van der Waals surface area contributed by atoms with Gasteiger partial charge in [-0.15, -0.1) is 0 Å². The van der Waals surface area contributed by atoms with Gasteiger partial charge in [0.1, 0.15) is 0 Å². The van der Waals surface area contributed by atoms with E-state index in [9.17, 15) is 4.79 Å². The maximum absolute atomic E-state index is 13.3. The third-order valence-electron chi connectivity index (χ3n) is 7.76. The van der Waals surface area contributed by atoms with Crippen molar-refractivity contribution < 1.29 is 4.79 Å². The summed E-state index contributed by atoms with van der Waals surface area (Å²) in [6, 6.07) is 8.78. The van der Waals surface area contributed by atoms with Crippen LogP contribution in [0, 0.1) is 18.8 Å². The van der Waals surface area contributed by atoms with E-state index in [1.54, 1.807) is 0 Å². The van der Waals surface area contributed by atoms with Crippen LogP contribution in [0.2, 0.25) is 0 Å². The van der Waals surface area contributed by atoms with Gasteiger partial charge in [-0.25, -0.2) is 9.97 Å². The molecule has 1 atom stereocenters. The molecule has 0 N–H and O–H groups in total. The van der Waals surface area contributed by atoms with Gasteiger partial charge in [-0.1, -0.05) is 36.8 Å². The highest BCUT2D eigenvalue weighted by molar-refractivity contribution is 5.79. The molecule has 6 heteroatoms. The molecular formula is C27H37N5O. The zero-order valence-corrected chi connectivity index (χ0v) is 20.2. The molecule has 1 amide bonds. The van der Waals surface area contributed by atoms with Crippen molar-refractivity contribution in [3.05, 3.63) is 52.8 Å². The molecule has 0 spiro atoms. The molecule has 0 saturated carbocycles. The van der Waals surface area contributed by atoms with Crippen molar-refractivity contribution in [1.82, 2.24) is 19.8 Å². The molecule has 2 aliphatic heterocycles. The molecule has 0 radical (unpaired) electrons. The Labute approximate surface area is 198 Å². The number of hydrogen-bond acceptors (Lipinski definition) is 5. The van der Waals surface area contributed by atoms with E-state index in [1.165, 1.54) is 29.5 Å². The first-order valence-corrected chi connectivity index (χ1v) is 12.7. The number of carbonyl (C=O) groups is 1. The average Bonchev–Trinajstić information content (AvgIpc) is 2.85. The fourth-order valence-electron chi connectivity index (χ4n) is 5.40. The molecule has 1 aromatic carbocycles. The lowest BCUT2D eigenvalue weighted by molar-refractivity contribution is -0.137. The van der Waals surface area contributed by atoms with E-state index in [-0.39, 0.29) is 5.92 Å². The Bertz CT molecular complexity index is 959. The van der Waals surface area contributed by atoms with Crippen LogP contribution in [0.5, 0.6) is 0 Å². The van der Waals surface area contributed by atoms with Gasteiger partial charge < -0.3 is 9.80 Å². The summed E-state index contributed by atoms with van der Waals surface area (Å²) >= 11 is 0. The van der Waals surface area contributed by atoms with E-state index in [2.05, 4.69) is 57.8 Å². The van der Waals surface area contributed by atoms with Gasteiger partial charge >= 0.3 is 0 Å². The number of benzene rings is 1. The lowest BCUT2D eigenvalue weighted by Crippen LogP contribution is -2.50. The van der Waals surface area contributed by atoms with Crippen LogP contribution >= 0.6 is 0 Å². The van der Waals surface area contributed by atoms with E-state index >= 15 is 0 Å². The molecule has 2 saturated heterocycles. The van der Waals surface area contributed by atoms with Gasteiger partial charge in [0, 0.05) is 63.6 Å². The number of aryl methyl sites for hydroxylation is 2. The summed E-state index contributed by atoms with van der Waals surface area (Å²) in [5.74, 6) is 2.08. The predicted molar refractivity (Wildman–Crippen MR) is 131 cm³/mol. The molecule has 1 aliphatic carbocycles. The van der Waals surface area contributed by atoms with Crippen molar-refractivity contribution in [1.29, 1.82) is 0 Å². The lowest BCUT2D eigenvalue weighted by atomic mass is 9.86. The normalized spacial score (nSPS) is 22.3. The number of nitrogens with zero attached hydrogens (tertiary/aromatic N) is 5. The number of piperidine rings is 1. The number of hydrogen-bond donors (Lipinski definition) is 0. The highest BCUT2D eigenvalue weighted by atomic mass is 16.2. The number of anilines is 1. The van der Waals surface area contributed by atoms with Crippen molar-refractivity contribution in [2.24, 2.45) is 11.8 Å². The first kappa shape index (κ1) is 22.3. The van der Waals surface area contributed by atoms with Crippen LogP contribution in [0.4, 0.5) is 5.95 Å². The number of piperazine rings is 1. The van der Waals surface area contributed by atoms with Crippen LogP contribution < -0.4 is 4.90 Å². The van der Waals surface area contributed by atoms with Gasteiger partial charge in [0.25, 0.3) is 0 Å². The topological polar surface area (TPSA) is 52.6 Å². The first-order valence-electron chi connectivity index (χ1n) is 12.7. The predicted octanol–water partition coefficient (Wildman–Crippen LogP) is 3.47. The van der Waals surface area contributed by atoms with Crippen LogP contribution in [0.3, 0.4) is 0 Å². The minimum atomic E-state index is 0.0754. The zero-order chi connectivity index (χ0) is 22.8. The van der Waals surface area contributed by atoms with E-state index in [0.29, 0.717) is 5.91 Å². The summed E-state index contributed by atoms with van der Waals surface area (Å²) in [6.45, 7) is 11.1. The molecule has 2 aromatic rings. The van der Waals surface area contributed by atoms with Gasteiger partial charge in [0.15, 0.2) is 0 Å². The number of amides is 1. The third-order valence-corrected chi connectivity index (χ3v) is 7.76. The zero-order valence-electron chi connectivity index (χ0n) is 20.2. The van der Waals surface area contributed by atoms with Gasteiger partial charge in [-0.2, -0.15) is 0 Å². The van der Waals surface area contributed by atoms with Gasteiger partial charge in [-0.05, 0) is 56.1 Å². The highest BCUT2D eigenvalue weighted by Gasteiger charge is 2.31. The molecule has 33 heavy (non-hydrogen) atoms. The molecule has 176 valence electrons. The largest absolute Gasteiger partial charge is 0.341 e. The molecule has 1 unspecified atom stereocenters. The summed E-state index contributed by atoms with van der Waals surface area (Å²) in [7, 11) is 0. The van der Waals surface area contributed by atoms with Gasteiger partial charge in [-0.3, -0.25) is 9.69 Å². The average molecular weight is 448 g/mol. The Morgan fingerprint density at radius 3 is 2.45 bits per heavy atom. The third kappa shape index (κ3) is 5.21. The second-order valence-corrected chi connectivity index (χ2v) is 10.3. The SMILES string of the molecule is Cc1ccc(CN2CCN(C(=O)C3CCc4nc(N5CCC(C)CC5)ncc4C3)CC2)cc1. The standard InChI is InChI=1S/C27H37N5O/c1-20-3-5-22(6-4-20)19-30-13-15-31(16-14-30)26(33)23-7-8-25-24(17-23)18-28-27(29-25)32-11-9-21(2)10-12-32/h3-6,18,21,23H,7-17,19H2,1-2H3. The van der Waals surface area contributed by atoms with Crippen LogP contribution in [0.15, 0.2) is 30.5 Å². The number of fused-ring (bicyclic) bond motifs is 1. The molecule has 2 fully saturated rings. The smallest absolute Gasteiger partial charge is 0.226 e. The fraction of sp³-hybridized carbons (Fsp3) is 0.593. The van der Waals surface area contributed by atoms with E-state index < -0.39 is 0 Å². The summed E-state index contributed by atoms with van der Waals surface area (Å²) < 4.78 is 0.